The zero-order chi connectivity index (χ0) is 12.0. The molecule has 0 bridgehead atoms. The molecule has 0 aliphatic carbocycles. The maximum atomic E-state index is 11.7. The van der Waals surface area contributed by atoms with Crippen LogP contribution in [-0.2, 0) is 4.74 Å². The van der Waals surface area contributed by atoms with E-state index in [1.807, 2.05) is 0 Å². The van der Waals surface area contributed by atoms with E-state index in [2.05, 4.69) is 22.5 Å². The van der Waals surface area contributed by atoms with Gasteiger partial charge in [0, 0.05) is 12.6 Å². The van der Waals surface area contributed by atoms with Crippen molar-refractivity contribution in [2.45, 2.75) is 13.3 Å². The molecule has 1 aromatic rings. The molecular formula is C11H14BrNO3. The van der Waals surface area contributed by atoms with Crippen molar-refractivity contribution in [3.05, 3.63) is 29.5 Å². The maximum absolute atomic E-state index is 11.7. The molecule has 0 aromatic carbocycles. The Bertz CT molecular complexity index is 348. The highest BCUT2D eigenvalue weighted by atomic mass is 79.9. The SMILES string of the molecule is C=C(Br)CCN(C(=O)OCC)c1ccco1. The molecule has 1 heterocycles. The van der Waals surface area contributed by atoms with Crippen LogP contribution in [0.15, 0.2) is 33.9 Å². The topological polar surface area (TPSA) is 42.7 Å². The fourth-order valence-corrected chi connectivity index (χ4v) is 1.33. The predicted octanol–water partition coefficient (Wildman–Crippen LogP) is 3.54. The van der Waals surface area contributed by atoms with Gasteiger partial charge in [-0.2, -0.15) is 0 Å². The van der Waals surface area contributed by atoms with E-state index >= 15 is 0 Å². The summed E-state index contributed by atoms with van der Waals surface area (Å²) < 4.78 is 10.9. The first-order valence-corrected chi connectivity index (χ1v) is 5.75. The molecule has 0 fully saturated rings. The van der Waals surface area contributed by atoms with Crippen LogP contribution in [0.25, 0.3) is 0 Å². The van der Waals surface area contributed by atoms with E-state index in [0.717, 1.165) is 4.48 Å². The Morgan fingerprint density at radius 2 is 2.44 bits per heavy atom. The van der Waals surface area contributed by atoms with Crippen LogP contribution in [0, 0.1) is 0 Å². The molecule has 0 N–H and O–H groups in total. The summed E-state index contributed by atoms with van der Waals surface area (Å²) in [6.45, 7) is 6.29. The summed E-state index contributed by atoms with van der Waals surface area (Å²) in [7, 11) is 0. The Labute approximate surface area is 103 Å². The summed E-state index contributed by atoms with van der Waals surface area (Å²) in [5, 5.41) is 0. The van der Waals surface area contributed by atoms with E-state index in [1.165, 1.54) is 11.2 Å². The minimum atomic E-state index is -0.411. The molecular weight excluding hydrogens is 274 g/mol. The number of carbonyl (C=O) groups is 1. The number of nitrogens with zero attached hydrogens (tertiary/aromatic N) is 1. The van der Waals surface area contributed by atoms with Crippen molar-refractivity contribution in [3.8, 4) is 0 Å². The van der Waals surface area contributed by atoms with Gasteiger partial charge < -0.3 is 9.15 Å². The van der Waals surface area contributed by atoms with E-state index in [0.29, 0.717) is 25.5 Å². The fourth-order valence-electron chi connectivity index (χ4n) is 1.15. The van der Waals surface area contributed by atoms with Crippen LogP contribution < -0.4 is 4.90 Å². The molecule has 16 heavy (non-hydrogen) atoms. The number of ether oxygens (including phenoxy) is 1. The second-order valence-electron chi connectivity index (χ2n) is 3.07. The Balaban J connectivity index is 2.69. The third-order valence-electron chi connectivity index (χ3n) is 1.87. The van der Waals surface area contributed by atoms with Crippen LogP contribution in [0.3, 0.4) is 0 Å². The molecule has 0 saturated heterocycles. The van der Waals surface area contributed by atoms with E-state index in [-0.39, 0.29) is 0 Å². The Hall–Kier alpha value is -1.23. The van der Waals surface area contributed by atoms with Crippen molar-refractivity contribution in [1.82, 2.24) is 0 Å². The van der Waals surface area contributed by atoms with E-state index in [4.69, 9.17) is 9.15 Å². The van der Waals surface area contributed by atoms with E-state index in [1.54, 1.807) is 19.1 Å². The van der Waals surface area contributed by atoms with Crippen molar-refractivity contribution < 1.29 is 13.9 Å². The average Bonchev–Trinajstić information content (AvgIpc) is 2.71. The molecule has 0 unspecified atom stereocenters. The molecule has 0 radical (unpaired) electrons. The minimum Gasteiger partial charge on any atom is -0.449 e. The van der Waals surface area contributed by atoms with Gasteiger partial charge in [-0.3, -0.25) is 0 Å². The summed E-state index contributed by atoms with van der Waals surface area (Å²) >= 11 is 3.25. The molecule has 1 rings (SSSR count). The van der Waals surface area contributed by atoms with Crippen LogP contribution in [0.5, 0.6) is 0 Å². The molecule has 0 spiro atoms. The van der Waals surface area contributed by atoms with Crippen LogP contribution in [0.2, 0.25) is 0 Å². The predicted molar refractivity (Wildman–Crippen MR) is 65.8 cm³/mol. The van der Waals surface area contributed by atoms with Crippen LogP contribution in [0.4, 0.5) is 10.7 Å². The van der Waals surface area contributed by atoms with Crippen LogP contribution in [0.1, 0.15) is 13.3 Å². The van der Waals surface area contributed by atoms with Crippen molar-refractivity contribution in [2.75, 3.05) is 18.1 Å². The molecule has 88 valence electrons. The molecule has 0 aliphatic rings. The van der Waals surface area contributed by atoms with Gasteiger partial charge in [-0.05, 0) is 23.9 Å². The lowest BCUT2D eigenvalue weighted by atomic mass is 10.4. The van der Waals surface area contributed by atoms with E-state index < -0.39 is 6.09 Å². The van der Waals surface area contributed by atoms with Gasteiger partial charge in [-0.1, -0.05) is 22.5 Å². The number of hydrogen-bond donors (Lipinski definition) is 0. The average molecular weight is 288 g/mol. The Kier molecular flexibility index (Phi) is 5.11. The summed E-state index contributed by atoms with van der Waals surface area (Å²) in [5.41, 5.74) is 0. The highest BCUT2D eigenvalue weighted by molar-refractivity contribution is 9.11. The smallest absolute Gasteiger partial charge is 0.416 e. The summed E-state index contributed by atoms with van der Waals surface area (Å²) in [6.07, 6.45) is 1.75. The zero-order valence-corrected chi connectivity index (χ0v) is 10.7. The minimum absolute atomic E-state index is 0.339. The number of rotatable bonds is 5. The summed E-state index contributed by atoms with van der Waals surface area (Å²) in [5.74, 6) is 0.479. The number of amides is 1. The number of carbonyl (C=O) groups excluding carboxylic acids is 1. The monoisotopic (exact) mass is 287 g/mol. The van der Waals surface area contributed by atoms with Gasteiger partial charge in [-0.15, -0.1) is 0 Å². The van der Waals surface area contributed by atoms with Gasteiger partial charge in [0.25, 0.3) is 0 Å². The van der Waals surface area contributed by atoms with Crippen LogP contribution >= 0.6 is 15.9 Å². The highest BCUT2D eigenvalue weighted by Crippen LogP contribution is 2.18. The molecule has 5 heteroatoms. The van der Waals surface area contributed by atoms with Crippen LogP contribution in [-0.4, -0.2) is 19.2 Å². The number of furan rings is 1. The molecule has 4 nitrogen and oxygen atoms in total. The standard InChI is InChI=1S/C11H14BrNO3/c1-3-15-11(14)13(7-6-9(2)12)10-5-4-8-16-10/h4-5,8H,2-3,6-7H2,1H3. The zero-order valence-electron chi connectivity index (χ0n) is 9.11. The van der Waals surface area contributed by atoms with Gasteiger partial charge in [0.05, 0.1) is 12.9 Å². The summed E-state index contributed by atoms with van der Waals surface area (Å²) in [6, 6.07) is 3.44. The largest absolute Gasteiger partial charge is 0.449 e. The lowest BCUT2D eigenvalue weighted by molar-refractivity contribution is 0.158. The molecule has 0 saturated carbocycles. The van der Waals surface area contributed by atoms with Gasteiger partial charge in [0.15, 0.2) is 0 Å². The maximum Gasteiger partial charge on any atom is 0.416 e. The third-order valence-corrected chi connectivity index (χ3v) is 2.26. The Morgan fingerprint density at radius 1 is 1.69 bits per heavy atom. The molecule has 0 atom stereocenters. The van der Waals surface area contributed by atoms with Gasteiger partial charge in [0.2, 0.25) is 5.88 Å². The summed E-state index contributed by atoms with van der Waals surface area (Å²) in [4.78, 5) is 13.1. The van der Waals surface area contributed by atoms with Gasteiger partial charge in [-0.25, -0.2) is 9.69 Å². The normalized spacial score (nSPS) is 9.88. The first-order valence-electron chi connectivity index (χ1n) is 4.96. The Morgan fingerprint density at radius 3 is 2.94 bits per heavy atom. The molecule has 1 aromatic heterocycles. The lowest BCUT2D eigenvalue weighted by Gasteiger charge is -2.18. The van der Waals surface area contributed by atoms with Crippen molar-refractivity contribution in [2.24, 2.45) is 0 Å². The second-order valence-corrected chi connectivity index (χ2v) is 4.19. The van der Waals surface area contributed by atoms with Gasteiger partial charge in [0.1, 0.15) is 0 Å². The number of hydrogen-bond acceptors (Lipinski definition) is 3. The van der Waals surface area contributed by atoms with Crippen molar-refractivity contribution >= 4 is 27.9 Å². The number of anilines is 1. The number of halogens is 1. The van der Waals surface area contributed by atoms with Crippen molar-refractivity contribution in [1.29, 1.82) is 0 Å². The third kappa shape index (κ3) is 3.73. The van der Waals surface area contributed by atoms with Gasteiger partial charge >= 0.3 is 6.09 Å². The highest BCUT2D eigenvalue weighted by Gasteiger charge is 2.18. The van der Waals surface area contributed by atoms with Crippen molar-refractivity contribution in [3.63, 3.8) is 0 Å². The first-order chi connectivity index (χ1) is 7.65. The molecule has 1 amide bonds. The first kappa shape index (κ1) is 12.8. The van der Waals surface area contributed by atoms with E-state index in [9.17, 15) is 4.79 Å². The quantitative estimate of drug-likeness (QED) is 0.832. The lowest BCUT2D eigenvalue weighted by Crippen LogP contribution is -2.32. The molecule has 0 aliphatic heterocycles. The fraction of sp³-hybridized carbons (Fsp3) is 0.364. The second kappa shape index (κ2) is 6.37.